The third-order valence-electron chi connectivity index (χ3n) is 5.96. The predicted molar refractivity (Wildman–Crippen MR) is 129 cm³/mol. The van der Waals surface area contributed by atoms with Crippen LogP contribution in [-0.4, -0.2) is 29.7 Å². The molecule has 0 aliphatic carbocycles. The minimum atomic E-state index is -0.773. The fourth-order valence-electron chi connectivity index (χ4n) is 4.14. The van der Waals surface area contributed by atoms with Gasteiger partial charge in [0.05, 0.1) is 11.1 Å². The fraction of sp³-hybridized carbons (Fsp3) is 0. The summed E-state index contributed by atoms with van der Waals surface area (Å²) in [5.41, 5.74) is 1.17. The molecule has 9 heteroatoms. The zero-order valence-corrected chi connectivity index (χ0v) is 19.3. The lowest BCUT2D eigenvalue weighted by Crippen LogP contribution is -2.02. The number of hydrogen-bond donors (Lipinski definition) is 0. The Morgan fingerprint density at radius 2 is 0.895 bits per heavy atom. The van der Waals surface area contributed by atoms with E-state index < -0.39 is 23.9 Å². The molecular formula is C29H14O9. The van der Waals surface area contributed by atoms with Gasteiger partial charge in [0.1, 0.15) is 34.1 Å². The number of carbonyl (C=O) groups is 5. The first-order valence-corrected chi connectivity index (χ1v) is 11.3. The van der Waals surface area contributed by atoms with Crippen LogP contribution in [0.25, 0.3) is 0 Å². The summed E-state index contributed by atoms with van der Waals surface area (Å²) in [6.07, 6.45) is 0. The smallest absolute Gasteiger partial charge is 0.350 e. The van der Waals surface area contributed by atoms with E-state index in [1.807, 2.05) is 0 Å². The second-order valence-corrected chi connectivity index (χ2v) is 8.29. The number of benzene rings is 4. The number of ether oxygens (including phenoxy) is 4. The molecule has 0 N–H and O–H groups in total. The van der Waals surface area contributed by atoms with Crippen molar-refractivity contribution in [1.29, 1.82) is 0 Å². The Morgan fingerprint density at radius 3 is 1.29 bits per heavy atom. The summed E-state index contributed by atoms with van der Waals surface area (Å²) in [5, 5.41) is 0. The van der Waals surface area contributed by atoms with Crippen LogP contribution in [0.2, 0.25) is 0 Å². The summed E-state index contributed by atoms with van der Waals surface area (Å²) in [5.74, 6) is -2.18. The summed E-state index contributed by atoms with van der Waals surface area (Å²) >= 11 is 0. The number of esters is 4. The van der Waals surface area contributed by atoms with E-state index in [1.165, 1.54) is 12.1 Å². The Kier molecular flexibility index (Phi) is 5.31. The molecule has 184 valence electrons. The minimum absolute atomic E-state index is 0.0592. The molecule has 0 saturated heterocycles. The van der Waals surface area contributed by atoms with Crippen molar-refractivity contribution in [3.8, 4) is 23.0 Å². The molecule has 2 aliphatic heterocycles. The van der Waals surface area contributed by atoms with Gasteiger partial charge in [-0.2, -0.15) is 0 Å². The first-order valence-electron chi connectivity index (χ1n) is 11.3. The van der Waals surface area contributed by atoms with Gasteiger partial charge in [-0.3, -0.25) is 4.79 Å². The van der Waals surface area contributed by atoms with Crippen LogP contribution in [0, 0.1) is 0 Å². The van der Waals surface area contributed by atoms with E-state index in [0.29, 0.717) is 22.6 Å². The van der Waals surface area contributed by atoms with Gasteiger partial charge in [-0.15, -0.1) is 0 Å². The number of cyclic esters (lactones) is 4. The van der Waals surface area contributed by atoms with Crippen LogP contribution in [0.15, 0.2) is 84.9 Å². The lowest BCUT2D eigenvalue weighted by Gasteiger charge is -2.10. The van der Waals surface area contributed by atoms with Gasteiger partial charge < -0.3 is 18.9 Å². The van der Waals surface area contributed by atoms with Crippen LogP contribution in [0.3, 0.4) is 0 Å². The monoisotopic (exact) mass is 506 g/mol. The highest BCUT2D eigenvalue weighted by Gasteiger charge is 2.34. The summed E-state index contributed by atoms with van der Waals surface area (Å²) in [7, 11) is 0. The predicted octanol–water partition coefficient (Wildman–Crippen LogP) is 5.12. The van der Waals surface area contributed by atoms with Gasteiger partial charge in [-0.05, 0) is 72.8 Å². The van der Waals surface area contributed by atoms with Crippen molar-refractivity contribution in [2.24, 2.45) is 0 Å². The molecule has 2 aliphatic rings. The van der Waals surface area contributed by atoms with Crippen LogP contribution in [0.4, 0.5) is 0 Å². The number of carbonyl (C=O) groups excluding carboxylic acids is 5. The van der Waals surface area contributed by atoms with Gasteiger partial charge in [-0.25, -0.2) is 19.2 Å². The molecule has 0 unspecified atom stereocenters. The zero-order chi connectivity index (χ0) is 26.4. The molecule has 0 radical (unpaired) electrons. The first-order chi connectivity index (χ1) is 18.4. The number of hydrogen-bond acceptors (Lipinski definition) is 9. The Labute approximate surface area is 214 Å². The first kappa shape index (κ1) is 22.9. The van der Waals surface area contributed by atoms with E-state index in [2.05, 4.69) is 9.47 Å². The maximum Gasteiger partial charge on any atom is 0.350 e. The SMILES string of the molecule is O=C(c1ccc(Oc2cccc3c2C(=O)OC3=O)cc1)c1ccc(Oc2cccc3c2C(=O)OC3=O)cc1. The summed E-state index contributed by atoms with van der Waals surface area (Å²) in [6, 6.07) is 21.8. The largest absolute Gasteiger partial charge is 0.456 e. The average molecular weight is 506 g/mol. The highest BCUT2D eigenvalue weighted by Crippen LogP contribution is 2.34. The molecule has 0 atom stereocenters. The van der Waals surface area contributed by atoms with Gasteiger partial charge in [0, 0.05) is 11.1 Å². The Hall–Kier alpha value is -5.57. The van der Waals surface area contributed by atoms with E-state index in [1.54, 1.807) is 72.8 Å². The van der Waals surface area contributed by atoms with Crippen LogP contribution in [-0.2, 0) is 9.47 Å². The molecule has 0 spiro atoms. The van der Waals surface area contributed by atoms with Crippen molar-refractivity contribution in [3.63, 3.8) is 0 Å². The highest BCUT2D eigenvalue weighted by molar-refractivity contribution is 6.17. The Bertz CT molecular complexity index is 1560. The lowest BCUT2D eigenvalue weighted by molar-refractivity contribution is 0.0424. The molecule has 0 amide bonds. The highest BCUT2D eigenvalue weighted by atomic mass is 16.6. The second-order valence-electron chi connectivity index (χ2n) is 8.29. The lowest BCUT2D eigenvalue weighted by atomic mass is 10.0. The molecule has 0 bridgehead atoms. The fourth-order valence-corrected chi connectivity index (χ4v) is 4.14. The van der Waals surface area contributed by atoms with Crippen molar-refractivity contribution < 1.29 is 42.9 Å². The third-order valence-corrected chi connectivity index (χ3v) is 5.96. The maximum atomic E-state index is 13.0. The normalized spacial score (nSPS) is 13.5. The zero-order valence-electron chi connectivity index (χ0n) is 19.3. The standard InChI is InChI=1S/C29H14O9/c30-25(15-7-11-17(12-8-15)35-21-5-1-3-19-23(21)28(33)37-26(19)31)16-9-13-18(14-10-16)36-22-6-2-4-20-24(22)29(34)38-27(20)32/h1-14H. The van der Waals surface area contributed by atoms with Gasteiger partial charge in [0.15, 0.2) is 5.78 Å². The average Bonchev–Trinajstić information content (AvgIpc) is 3.39. The van der Waals surface area contributed by atoms with Gasteiger partial charge in [-0.1, -0.05) is 12.1 Å². The van der Waals surface area contributed by atoms with E-state index in [4.69, 9.17) is 9.47 Å². The van der Waals surface area contributed by atoms with E-state index in [-0.39, 0.29) is 39.5 Å². The van der Waals surface area contributed by atoms with Crippen molar-refractivity contribution in [2.45, 2.75) is 0 Å². The van der Waals surface area contributed by atoms with E-state index in [0.717, 1.165) is 0 Å². The molecule has 0 saturated carbocycles. The minimum Gasteiger partial charge on any atom is -0.456 e. The topological polar surface area (TPSA) is 122 Å². The molecule has 0 fully saturated rings. The molecule has 4 aromatic rings. The maximum absolute atomic E-state index is 13.0. The van der Waals surface area contributed by atoms with Crippen molar-refractivity contribution in [3.05, 3.63) is 118 Å². The Balaban J connectivity index is 1.17. The van der Waals surface area contributed by atoms with Crippen LogP contribution >= 0.6 is 0 Å². The van der Waals surface area contributed by atoms with Crippen molar-refractivity contribution in [1.82, 2.24) is 0 Å². The molecule has 2 heterocycles. The second kappa shape index (κ2) is 8.82. The van der Waals surface area contributed by atoms with Gasteiger partial charge >= 0.3 is 23.9 Å². The van der Waals surface area contributed by atoms with Crippen molar-refractivity contribution >= 4 is 29.7 Å². The summed E-state index contributed by atoms with van der Waals surface area (Å²) < 4.78 is 20.8. The third kappa shape index (κ3) is 3.88. The number of rotatable bonds is 6. The Morgan fingerprint density at radius 1 is 0.500 bits per heavy atom. The molecule has 0 aromatic heterocycles. The van der Waals surface area contributed by atoms with E-state index >= 15 is 0 Å². The molecule has 4 aromatic carbocycles. The van der Waals surface area contributed by atoms with Crippen molar-refractivity contribution in [2.75, 3.05) is 0 Å². The molecule has 38 heavy (non-hydrogen) atoms. The molecular weight excluding hydrogens is 492 g/mol. The number of fused-ring (bicyclic) bond motifs is 2. The summed E-state index contributed by atoms with van der Waals surface area (Å²) in [4.78, 5) is 60.4. The quantitative estimate of drug-likeness (QED) is 0.199. The molecule has 9 nitrogen and oxygen atoms in total. The van der Waals surface area contributed by atoms with Crippen LogP contribution in [0.1, 0.15) is 57.4 Å². The summed E-state index contributed by atoms with van der Waals surface area (Å²) in [6.45, 7) is 0. The van der Waals surface area contributed by atoms with Crippen LogP contribution < -0.4 is 9.47 Å². The molecule has 6 rings (SSSR count). The van der Waals surface area contributed by atoms with Gasteiger partial charge in [0.2, 0.25) is 0 Å². The number of ketones is 1. The van der Waals surface area contributed by atoms with E-state index in [9.17, 15) is 24.0 Å². The van der Waals surface area contributed by atoms with Crippen LogP contribution in [0.5, 0.6) is 23.0 Å². The van der Waals surface area contributed by atoms with Gasteiger partial charge in [0.25, 0.3) is 0 Å².